The molecule has 0 aromatic carbocycles. The van der Waals surface area contributed by atoms with E-state index in [9.17, 15) is 4.79 Å². The summed E-state index contributed by atoms with van der Waals surface area (Å²) in [6.07, 6.45) is 0. The van der Waals surface area contributed by atoms with Crippen LogP contribution < -0.4 is 5.73 Å². The maximum Gasteiger partial charge on any atom is 0.352 e. The second-order valence-corrected chi connectivity index (χ2v) is 4.61. The van der Waals surface area contributed by atoms with E-state index < -0.39 is 11.6 Å². The maximum atomic E-state index is 11.6. The molecule has 0 unspecified atom stereocenters. The van der Waals surface area contributed by atoms with Gasteiger partial charge in [0.25, 0.3) is 0 Å². The molecule has 0 radical (unpaired) electrons. The van der Waals surface area contributed by atoms with Crippen LogP contribution in [0.1, 0.15) is 26.6 Å². The molecule has 0 spiro atoms. The molecule has 0 saturated carbocycles. The van der Waals surface area contributed by atoms with Crippen LogP contribution in [0.3, 0.4) is 0 Å². The molecule has 0 atom stereocenters. The van der Waals surface area contributed by atoms with E-state index in [0.29, 0.717) is 0 Å². The number of hydrogen-bond acceptors (Lipinski definition) is 9. The number of nitrogens with zero attached hydrogens (tertiary/aromatic N) is 4. The van der Waals surface area contributed by atoms with Crippen LogP contribution in [0.4, 0.5) is 5.13 Å². The third-order valence-electron chi connectivity index (χ3n) is 1.89. The van der Waals surface area contributed by atoms with E-state index in [1.54, 1.807) is 13.0 Å². The average Bonchev–Trinajstić information content (AvgIpc) is 2.77. The van der Waals surface area contributed by atoms with Gasteiger partial charge in [-0.2, -0.15) is 14.6 Å². The van der Waals surface area contributed by atoms with Gasteiger partial charge in [-0.3, -0.25) is 0 Å². The van der Waals surface area contributed by atoms with Gasteiger partial charge in [0.05, 0.1) is 6.61 Å². The summed E-state index contributed by atoms with van der Waals surface area (Å²) in [5.41, 5.74) is 3.94. The number of ether oxygens (including phenoxy) is 1. The number of hydrogen-bond donors (Lipinski definition) is 1. The van der Waals surface area contributed by atoms with Crippen LogP contribution in [0.15, 0.2) is 5.16 Å². The van der Waals surface area contributed by atoms with Gasteiger partial charge in [0.1, 0.15) is 6.07 Å². The zero-order chi connectivity index (χ0) is 14.5. The van der Waals surface area contributed by atoms with Crippen LogP contribution in [-0.4, -0.2) is 33.2 Å². The van der Waals surface area contributed by atoms with Gasteiger partial charge < -0.3 is 15.3 Å². The second kappa shape index (κ2) is 6.10. The molecular weight excluding hydrogens is 270 g/mol. The Bertz CT molecular complexity index is 532. The summed E-state index contributed by atoms with van der Waals surface area (Å²) in [5.74, 6) is -0.522. The van der Waals surface area contributed by atoms with Crippen molar-refractivity contribution in [1.29, 1.82) is 5.26 Å². The summed E-state index contributed by atoms with van der Waals surface area (Å²) >= 11 is 0.933. The summed E-state index contributed by atoms with van der Waals surface area (Å²) in [6, 6.07) is 1.77. The van der Waals surface area contributed by atoms with Crippen LogP contribution in [-0.2, 0) is 14.4 Å². The monoisotopic (exact) mass is 283 g/mol. The molecule has 1 aromatic heterocycles. The highest BCUT2D eigenvalue weighted by Gasteiger charge is 2.32. The van der Waals surface area contributed by atoms with Crippen molar-refractivity contribution in [3.63, 3.8) is 0 Å². The standard InChI is InChI=1S/C10H13N5O3S/c1-4-17-8(16)10(2,3)18-14-6(5-11)7-13-9(12)19-15-7/h4H2,1-3H3,(H2,12,13,15)/b14-6-. The number of oxime groups is 1. The Hall–Kier alpha value is -2.21. The highest BCUT2D eigenvalue weighted by molar-refractivity contribution is 7.09. The fraction of sp³-hybridized carbons (Fsp3) is 0.500. The van der Waals surface area contributed by atoms with Gasteiger partial charge in [0.2, 0.25) is 17.1 Å². The van der Waals surface area contributed by atoms with Crippen molar-refractivity contribution >= 4 is 28.3 Å². The predicted molar refractivity (Wildman–Crippen MR) is 68.3 cm³/mol. The first-order valence-corrected chi connectivity index (χ1v) is 6.11. The van der Waals surface area contributed by atoms with Crippen molar-refractivity contribution < 1.29 is 14.4 Å². The largest absolute Gasteiger partial charge is 0.463 e. The van der Waals surface area contributed by atoms with Gasteiger partial charge in [-0.25, -0.2) is 4.79 Å². The first kappa shape index (κ1) is 14.8. The minimum atomic E-state index is -1.31. The number of nitriles is 1. The van der Waals surface area contributed by atoms with E-state index in [1.165, 1.54) is 13.8 Å². The van der Waals surface area contributed by atoms with E-state index in [4.69, 9.17) is 20.6 Å². The summed E-state index contributed by atoms with van der Waals surface area (Å²) in [6.45, 7) is 4.86. The van der Waals surface area contributed by atoms with Gasteiger partial charge in [-0.15, -0.1) is 0 Å². The SMILES string of the molecule is CCOC(=O)C(C)(C)O/N=C(/C#N)c1nsc(N)n1. The van der Waals surface area contributed by atoms with Crippen LogP contribution in [0.2, 0.25) is 0 Å². The summed E-state index contributed by atoms with van der Waals surface area (Å²) < 4.78 is 8.64. The zero-order valence-electron chi connectivity index (χ0n) is 10.7. The van der Waals surface area contributed by atoms with Crippen LogP contribution in [0, 0.1) is 11.3 Å². The summed E-state index contributed by atoms with van der Waals surface area (Å²) in [4.78, 5) is 20.4. The molecule has 0 saturated heterocycles. The van der Waals surface area contributed by atoms with Crippen molar-refractivity contribution in [2.24, 2.45) is 5.16 Å². The molecule has 0 aliphatic rings. The summed E-state index contributed by atoms with van der Waals surface area (Å²) in [7, 11) is 0. The smallest absolute Gasteiger partial charge is 0.352 e. The summed E-state index contributed by atoms with van der Waals surface area (Å²) in [5, 5.41) is 12.7. The highest BCUT2D eigenvalue weighted by Crippen LogP contribution is 2.13. The normalized spacial score (nSPS) is 11.8. The molecule has 0 aliphatic carbocycles. The lowest BCUT2D eigenvalue weighted by atomic mass is 10.1. The molecule has 0 fully saturated rings. The Morgan fingerprint density at radius 3 is 2.79 bits per heavy atom. The molecule has 1 aromatic rings. The van der Waals surface area contributed by atoms with E-state index >= 15 is 0 Å². The van der Waals surface area contributed by atoms with E-state index in [1.807, 2.05) is 0 Å². The van der Waals surface area contributed by atoms with Crippen LogP contribution >= 0.6 is 11.5 Å². The number of esters is 1. The Balaban J connectivity index is 2.84. The zero-order valence-corrected chi connectivity index (χ0v) is 11.5. The number of carbonyl (C=O) groups is 1. The molecule has 8 nitrogen and oxygen atoms in total. The topological polar surface area (TPSA) is 123 Å². The number of nitrogen functional groups attached to an aromatic ring is 1. The van der Waals surface area contributed by atoms with Crippen molar-refractivity contribution in [2.75, 3.05) is 12.3 Å². The fourth-order valence-corrected chi connectivity index (χ4v) is 1.38. The molecule has 1 heterocycles. The fourth-order valence-electron chi connectivity index (χ4n) is 0.945. The van der Waals surface area contributed by atoms with Gasteiger partial charge in [-0.1, -0.05) is 5.16 Å². The molecule has 9 heteroatoms. The highest BCUT2D eigenvalue weighted by atomic mass is 32.1. The Morgan fingerprint density at radius 2 is 2.32 bits per heavy atom. The van der Waals surface area contributed by atoms with E-state index in [-0.39, 0.29) is 23.3 Å². The Labute approximate surface area is 114 Å². The number of aromatic nitrogens is 2. The molecule has 0 amide bonds. The average molecular weight is 283 g/mol. The minimum absolute atomic E-state index is 0.0599. The predicted octanol–water partition coefficient (Wildman–Crippen LogP) is 0.706. The van der Waals surface area contributed by atoms with Crippen LogP contribution in [0.25, 0.3) is 0 Å². The minimum Gasteiger partial charge on any atom is -0.463 e. The third kappa shape index (κ3) is 3.89. The van der Waals surface area contributed by atoms with E-state index in [2.05, 4.69) is 14.5 Å². The third-order valence-corrected chi connectivity index (χ3v) is 2.43. The van der Waals surface area contributed by atoms with Crippen molar-refractivity contribution in [3.05, 3.63) is 5.82 Å². The van der Waals surface area contributed by atoms with Crippen molar-refractivity contribution in [3.8, 4) is 6.07 Å². The number of rotatable bonds is 5. The lowest BCUT2D eigenvalue weighted by molar-refractivity contribution is -0.167. The van der Waals surface area contributed by atoms with Gasteiger partial charge in [0.15, 0.2) is 5.13 Å². The van der Waals surface area contributed by atoms with Gasteiger partial charge in [-0.05, 0) is 20.8 Å². The molecule has 19 heavy (non-hydrogen) atoms. The van der Waals surface area contributed by atoms with E-state index in [0.717, 1.165) is 11.5 Å². The van der Waals surface area contributed by atoms with Crippen molar-refractivity contribution in [1.82, 2.24) is 9.36 Å². The quantitative estimate of drug-likeness (QED) is 0.479. The first-order chi connectivity index (χ1) is 8.90. The molecule has 1 rings (SSSR count). The van der Waals surface area contributed by atoms with Crippen molar-refractivity contribution in [2.45, 2.75) is 26.4 Å². The first-order valence-electron chi connectivity index (χ1n) is 5.33. The molecule has 0 bridgehead atoms. The number of carbonyl (C=O) groups excluding carboxylic acids is 1. The molecule has 0 aliphatic heterocycles. The lowest BCUT2D eigenvalue weighted by Gasteiger charge is -2.19. The van der Waals surface area contributed by atoms with Gasteiger partial charge in [0, 0.05) is 11.5 Å². The number of nitrogens with two attached hydrogens (primary N) is 1. The lowest BCUT2D eigenvalue weighted by Crippen LogP contribution is -2.35. The Kier molecular flexibility index (Phi) is 4.77. The Morgan fingerprint density at radius 1 is 1.63 bits per heavy atom. The van der Waals surface area contributed by atoms with Gasteiger partial charge >= 0.3 is 5.97 Å². The maximum absolute atomic E-state index is 11.6. The molecule has 102 valence electrons. The number of anilines is 1. The molecule has 2 N–H and O–H groups in total. The molecular formula is C10H13N5O3S. The second-order valence-electron chi connectivity index (χ2n) is 3.83. The van der Waals surface area contributed by atoms with Crippen LogP contribution in [0.5, 0.6) is 0 Å².